The van der Waals surface area contributed by atoms with E-state index in [9.17, 15) is 0 Å². The van der Waals surface area contributed by atoms with Crippen LogP contribution >= 0.6 is 0 Å². The van der Waals surface area contributed by atoms with Gasteiger partial charge < -0.3 is 15.2 Å². The lowest BCUT2D eigenvalue weighted by molar-refractivity contribution is 0.234. The Kier molecular flexibility index (Phi) is 5.60. The molecule has 2 heterocycles. The summed E-state index contributed by atoms with van der Waals surface area (Å²) in [5.74, 6) is 3.24. The molecule has 0 amide bonds. The normalized spacial score (nSPS) is 20.5. The van der Waals surface area contributed by atoms with Crippen LogP contribution in [0.4, 0.5) is 0 Å². The third-order valence-electron chi connectivity index (χ3n) is 5.73. The zero-order chi connectivity index (χ0) is 19.3. The first kappa shape index (κ1) is 18.5. The average Bonchev–Trinajstić information content (AvgIpc) is 3.14. The largest absolute Gasteiger partial charge is 0.356 e. The van der Waals surface area contributed by atoms with Gasteiger partial charge in [0.15, 0.2) is 5.96 Å². The number of aromatic amines is 1. The van der Waals surface area contributed by atoms with Gasteiger partial charge in [0.1, 0.15) is 5.82 Å². The molecule has 146 valence electrons. The summed E-state index contributed by atoms with van der Waals surface area (Å²) in [5.41, 5.74) is 3.58. The molecular weight excluding hydrogens is 346 g/mol. The molecule has 5 heteroatoms. The van der Waals surface area contributed by atoms with Gasteiger partial charge >= 0.3 is 0 Å². The number of para-hydroxylation sites is 2. The number of fused-ring (bicyclic) bond motifs is 1. The van der Waals surface area contributed by atoms with Crippen LogP contribution in [-0.4, -0.2) is 47.5 Å². The van der Waals surface area contributed by atoms with Crippen LogP contribution in [0.3, 0.4) is 0 Å². The number of piperidine rings is 1. The molecule has 2 atom stereocenters. The maximum atomic E-state index is 4.65. The number of H-pyrrole nitrogens is 1. The van der Waals surface area contributed by atoms with Crippen molar-refractivity contribution in [2.45, 2.75) is 25.7 Å². The van der Waals surface area contributed by atoms with Gasteiger partial charge in [-0.25, -0.2) is 4.98 Å². The fourth-order valence-corrected chi connectivity index (χ4v) is 4.28. The molecule has 1 aromatic heterocycles. The van der Waals surface area contributed by atoms with Gasteiger partial charge in [-0.05, 0) is 36.0 Å². The quantitative estimate of drug-likeness (QED) is 0.539. The van der Waals surface area contributed by atoms with Crippen LogP contribution in [-0.2, 0) is 6.42 Å². The lowest BCUT2D eigenvalue weighted by Gasteiger charge is -2.38. The predicted octanol–water partition coefficient (Wildman–Crippen LogP) is 3.81. The Morgan fingerprint density at radius 2 is 1.96 bits per heavy atom. The van der Waals surface area contributed by atoms with E-state index in [1.807, 2.05) is 25.2 Å². The molecular formula is C23H29N5. The smallest absolute Gasteiger partial charge is 0.193 e. The van der Waals surface area contributed by atoms with Gasteiger partial charge in [0.05, 0.1) is 11.0 Å². The van der Waals surface area contributed by atoms with Crippen molar-refractivity contribution in [1.29, 1.82) is 0 Å². The Bertz CT molecular complexity index is 897. The Morgan fingerprint density at radius 3 is 2.71 bits per heavy atom. The summed E-state index contributed by atoms with van der Waals surface area (Å²) < 4.78 is 0. The van der Waals surface area contributed by atoms with Crippen molar-refractivity contribution in [1.82, 2.24) is 20.2 Å². The van der Waals surface area contributed by atoms with E-state index in [-0.39, 0.29) is 0 Å². The number of nitrogens with one attached hydrogen (secondary N) is 2. The lowest BCUT2D eigenvalue weighted by Crippen LogP contribution is -2.48. The van der Waals surface area contributed by atoms with Crippen LogP contribution in [0.25, 0.3) is 11.0 Å². The molecule has 5 nitrogen and oxygen atoms in total. The summed E-state index contributed by atoms with van der Waals surface area (Å²) in [5, 5.41) is 3.52. The van der Waals surface area contributed by atoms with Crippen molar-refractivity contribution in [3.63, 3.8) is 0 Å². The first-order valence-electron chi connectivity index (χ1n) is 10.2. The molecule has 2 unspecified atom stereocenters. The molecule has 0 spiro atoms. The molecule has 0 bridgehead atoms. The number of aliphatic imine (C=N–C) groups is 1. The maximum Gasteiger partial charge on any atom is 0.193 e. The number of hydrogen-bond donors (Lipinski definition) is 2. The van der Waals surface area contributed by atoms with Crippen molar-refractivity contribution in [3.8, 4) is 0 Å². The van der Waals surface area contributed by atoms with E-state index >= 15 is 0 Å². The first-order valence-corrected chi connectivity index (χ1v) is 10.2. The molecule has 0 radical (unpaired) electrons. The Labute approximate surface area is 166 Å². The summed E-state index contributed by atoms with van der Waals surface area (Å²) >= 11 is 0. The van der Waals surface area contributed by atoms with Gasteiger partial charge in [0.25, 0.3) is 0 Å². The molecule has 2 aromatic carbocycles. The maximum absolute atomic E-state index is 4.65. The fraction of sp³-hybridized carbons (Fsp3) is 0.391. The van der Waals surface area contributed by atoms with Gasteiger partial charge in [-0.1, -0.05) is 49.4 Å². The number of guanidine groups is 1. The highest BCUT2D eigenvalue weighted by atomic mass is 15.3. The van der Waals surface area contributed by atoms with E-state index in [0.717, 1.165) is 55.3 Å². The number of hydrogen-bond acceptors (Lipinski definition) is 2. The minimum Gasteiger partial charge on any atom is -0.356 e. The highest BCUT2D eigenvalue weighted by Crippen LogP contribution is 2.32. The number of aromatic nitrogens is 2. The summed E-state index contributed by atoms with van der Waals surface area (Å²) in [4.78, 5) is 15.0. The fourth-order valence-electron chi connectivity index (χ4n) is 4.28. The van der Waals surface area contributed by atoms with Gasteiger partial charge in [-0.15, -0.1) is 0 Å². The summed E-state index contributed by atoms with van der Waals surface area (Å²) in [7, 11) is 1.87. The molecule has 0 aliphatic carbocycles. The SMILES string of the molecule is CN=C(NCCc1nc2ccccc2[nH]1)N1CCC(c2ccccc2)C(C)C1. The molecule has 1 saturated heterocycles. The third kappa shape index (κ3) is 4.03. The highest BCUT2D eigenvalue weighted by Gasteiger charge is 2.28. The minimum absolute atomic E-state index is 0.602. The van der Waals surface area contributed by atoms with Crippen molar-refractivity contribution < 1.29 is 0 Å². The average molecular weight is 376 g/mol. The van der Waals surface area contributed by atoms with Crippen LogP contribution in [0.2, 0.25) is 0 Å². The second kappa shape index (κ2) is 8.46. The molecule has 4 rings (SSSR count). The number of imidazole rings is 1. The van der Waals surface area contributed by atoms with Crippen LogP contribution < -0.4 is 5.32 Å². The van der Waals surface area contributed by atoms with Gasteiger partial charge in [-0.3, -0.25) is 4.99 Å². The Hall–Kier alpha value is -2.82. The molecule has 1 aliphatic heterocycles. The van der Waals surface area contributed by atoms with Crippen molar-refractivity contribution >= 4 is 17.0 Å². The number of nitrogens with zero attached hydrogens (tertiary/aromatic N) is 3. The number of benzene rings is 2. The summed E-state index contributed by atoms with van der Waals surface area (Å²) in [6, 6.07) is 19.1. The first-order chi connectivity index (χ1) is 13.7. The van der Waals surface area contributed by atoms with Crippen LogP contribution in [0.1, 0.15) is 30.7 Å². The van der Waals surface area contributed by atoms with Crippen LogP contribution in [0, 0.1) is 5.92 Å². The number of likely N-dealkylation sites (tertiary alicyclic amines) is 1. The third-order valence-corrected chi connectivity index (χ3v) is 5.73. The second-order valence-electron chi connectivity index (χ2n) is 7.65. The molecule has 2 N–H and O–H groups in total. The van der Waals surface area contributed by atoms with E-state index in [1.54, 1.807) is 0 Å². The molecule has 1 fully saturated rings. The summed E-state index contributed by atoms with van der Waals surface area (Å²) in [6.45, 7) is 5.24. The zero-order valence-electron chi connectivity index (χ0n) is 16.7. The molecule has 3 aromatic rings. The monoisotopic (exact) mass is 375 g/mol. The molecule has 28 heavy (non-hydrogen) atoms. The standard InChI is InChI=1S/C23H29N5/c1-17-16-28(15-13-19(17)18-8-4-3-5-9-18)23(24-2)25-14-12-22-26-20-10-6-7-11-21(20)27-22/h3-11,17,19H,12-16H2,1-2H3,(H,24,25)(H,26,27). The molecule has 0 saturated carbocycles. The Balaban J connectivity index is 1.32. The predicted molar refractivity (Wildman–Crippen MR) is 116 cm³/mol. The van der Waals surface area contributed by atoms with Crippen molar-refractivity contribution in [2.24, 2.45) is 10.9 Å². The lowest BCUT2D eigenvalue weighted by atomic mass is 9.82. The van der Waals surface area contributed by atoms with Crippen molar-refractivity contribution in [2.75, 3.05) is 26.7 Å². The van der Waals surface area contributed by atoms with Crippen LogP contribution in [0.15, 0.2) is 59.6 Å². The van der Waals surface area contributed by atoms with E-state index in [0.29, 0.717) is 11.8 Å². The van der Waals surface area contributed by atoms with Gasteiger partial charge in [0.2, 0.25) is 0 Å². The number of rotatable bonds is 4. The minimum atomic E-state index is 0.602. The van der Waals surface area contributed by atoms with Gasteiger partial charge in [0, 0.05) is 33.1 Å². The zero-order valence-corrected chi connectivity index (χ0v) is 16.7. The van der Waals surface area contributed by atoms with E-state index in [4.69, 9.17) is 0 Å². The van der Waals surface area contributed by atoms with E-state index in [2.05, 4.69) is 68.5 Å². The summed E-state index contributed by atoms with van der Waals surface area (Å²) in [6.07, 6.45) is 2.01. The molecule has 1 aliphatic rings. The van der Waals surface area contributed by atoms with Gasteiger partial charge in [-0.2, -0.15) is 0 Å². The topological polar surface area (TPSA) is 56.3 Å². The van der Waals surface area contributed by atoms with Crippen molar-refractivity contribution in [3.05, 3.63) is 66.0 Å². The highest BCUT2D eigenvalue weighted by molar-refractivity contribution is 5.80. The Morgan fingerprint density at radius 1 is 1.18 bits per heavy atom. The van der Waals surface area contributed by atoms with E-state index < -0.39 is 0 Å². The van der Waals surface area contributed by atoms with E-state index in [1.165, 1.54) is 5.56 Å². The van der Waals surface area contributed by atoms with Crippen LogP contribution in [0.5, 0.6) is 0 Å². The second-order valence-corrected chi connectivity index (χ2v) is 7.65.